The summed E-state index contributed by atoms with van der Waals surface area (Å²) in [6, 6.07) is 16.4. The van der Waals surface area contributed by atoms with E-state index in [-0.39, 0.29) is 18.9 Å². The monoisotopic (exact) mass is 428 g/mol. The number of aryl methyl sites for hydroxylation is 1. The van der Waals surface area contributed by atoms with Crippen LogP contribution in [0.2, 0.25) is 0 Å². The van der Waals surface area contributed by atoms with Crippen molar-refractivity contribution in [2.24, 2.45) is 0 Å². The average molecular weight is 429 g/mol. The lowest BCUT2D eigenvalue weighted by molar-refractivity contribution is 0.340. The van der Waals surface area contributed by atoms with Gasteiger partial charge in [0.05, 0.1) is 5.75 Å². The maximum atomic E-state index is 12.1. The quantitative estimate of drug-likeness (QED) is 0.398. The van der Waals surface area contributed by atoms with Gasteiger partial charge in [0.15, 0.2) is 0 Å². The molecule has 158 valence electrons. The minimum absolute atomic E-state index is 0.0838. The first-order valence-corrected chi connectivity index (χ1v) is 11.1. The van der Waals surface area contributed by atoms with Gasteiger partial charge in [-0.25, -0.2) is 28.1 Å². The van der Waals surface area contributed by atoms with Gasteiger partial charge in [0.1, 0.15) is 35.6 Å². The molecule has 0 bridgehead atoms. The van der Waals surface area contributed by atoms with Gasteiger partial charge in [0, 0.05) is 25.4 Å². The summed E-state index contributed by atoms with van der Waals surface area (Å²) in [7, 11) is -3.43. The molecule has 0 radical (unpaired) electrons. The van der Waals surface area contributed by atoms with E-state index in [1.807, 2.05) is 36.4 Å². The Morgan fingerprint density at radius 1 is 0.933 bits per heavy atom. The van der Waals surface area contributed by atoms with Crippen LogP contribution in [0, 0.1) is 6.92 Å². The number of para-hydroxylation sites is 1. The van der Waals surface area contributed by atoms with Crippen molar-refractivity contribution in [3.63, 3.8) is 0 Å². The van der Waals surface area contributed by atoms with E-state index >= 15 is 0 Å². The van der Waals surface area contributed by atoms with Crippen LogP contribution in [0.25, 0.3) is 0 Å². The number of pyridine rings is 1. The van der Waals surface area contributed by atoms with Crippen LogP contribution in [-0.2, 0) is 10.0 Å². The molecule has 1 aromatic carbocycles. The normalized spacial score (nSPS) is 11.1. The second-order valence-electron chi connectivity index (χ2n) is 6.33. The summed E-state index contributed by atoms with van der Waals surface area (Å²) in [5.41, 5.74) is 0. The van der Waals surface area contributed by atoms with Gasteiger partial charge in [-0.1, -0.05) is 24.3 Å². The summed E-state index contributed by atoms with van der Waals surface area (Å²) in [6.07, 6.45) is 1.69. The van der Waals surface area contributed by atoms with Gasteiger partial charge in [0.2, 0.25) is 10.0 Å². The zero-order valence-corrected chi connectivity index (χ0v) is 17.4. The van der Waals surface area contributed by atoms with Crippen molar-refractivity contribution in [2.75, 3.05) is 36.1 Å². The Balaban J connectivity index is 1.43. The number of hydrogen-bond donors (Lipinski definition) is 3. The lowest BCUT2D eigenvalue weighted by Gasteiger charge is -2.11. The van der Waals surface area contributed by atoms with Gasteiger partial charge in [-0.15, -0.1) is 0 Å². The molecule has 10 heteroatoms. The predicted molar refractivity (Wildman–Crippen MR) is 117 cm³/mol. The van der Waals surface area contributed by atoms with Crippen molar-refractivity contribution in [1.29, 1.82) is 0 Å². The maximum absolute atomic E-state index is 12.1. The molecule has 0 spiro atoms. The molecule has 0 atom stereocenters. The number of aromatic nitrogens is 3. The van der Waals surface area contributed by atoms with Gasteiger partial charge in [-0.2, -0.15) is 0 Å². The zero-order valence-electron chi connectivity index (χ0n) is 16.6. The van der Waals surface area contributed by atoms with E-state index < -0.39 is 10.0 Å². The van der Waals surface area contributed by atoms with Gasteiger partial charge >= 0.3 is 0 Å². The number of nitrogens with zero attached hydrogens (tertiary/aromatic N) is 3. The third-order valence-corrected chi connectivity index (χ3v) is 5.22. The first-order valence-electron chi connectivity index (χ1n) is 9.43. The van der Waals surface area contributed by atoms with E-state index in [9.17, 15) is 8.42 Å². The highest BCUT2D eigenvalue weighted by Crippen LogP contribution is 2.15. The number of benzene rings is 1. The van der Waals surface area contributed by atoms with Crippen LogP contribution in [0.15, 0.2) is 60.8 Å². The highest BCUT2D eigenvalue weighted by Gasteiger charge is 2.10. The summed E-state index contributed by atoms with van der Waals surface area (Å²) in [4.78, 5) is 12.8. The zero-order chi connectivity index (χ0) is 21.2. The number of rotatable bonds is 11. The van der Waals surface area contributed by atoms with Gasteiger partial charge in [0.25, 0.3) is 0 Å². The fraction of sp³-hybridized carbons (Fsp3) is 0.250. The summed E-state index contributed by atoms with van der Waals surface area (Å²) in [6.45, 7) is 2.46. The molecule has 0 aliphatic carbocycles. The minimum Gasteiger partial charge on any atom is -0.492 e. The first kappa shape index (κ1) is 21.5. The topological polar surface area (TPSA) is 118 Å². The van der Waals surface area contributed by atoms with E-state index in [4.69, 9.17) is 4.74 Å². The van der Waals surface area contributed by atoms with Crippen molar-refractivity contribution in [2.45, 2.75) is 6.92 Å². The van der Waals surface area contributed by atoms with E-state index in [0.717, 1.165) is 0 Å². The Morgan fingerprint density at radius 2 is 1.70 bits per heavy atom. The molecule has 0 aliphatic rings. The van der Waals surface area contributed by atoms with Crippen LogP contribution in [0.1, 0.15) is 5.82 Å². The predicted octanol–water partition coefficient (Wildman–Crippen LogP) is 2.33. The third kappa shape index (κ3) is 7.30. The Hall–Kier alpha value is -3.24. The molecule has 0 fully saturated rings. The molecular formula is C20H24N6O3S. The molecule has 0 unspecified atom stereocenters. The molecule has 0 aliphatic heterocycles. The molecule has 3 N–H and O–H groups in total. The van der Waals surface area contributed by atoms with Crippen molar-refractivity contribution >= 4 is 27.5 Å². The average Bonchev–Trinajstić information content (AvgIpc) is 2.72. The van der Waals surface area contributed by atoms with Crippen LogP contribution in [0.5, 0.6) is 5.75 Å². The molecule has 0 amide bonds. The lowest BCUT2D eigenvalue weighted by atomic mass is 10.3. The van der Waals surface area contributed by atoms with Crippen LogP contribution in [-0.4, -0.2) is 48.8 Å². The maximum Gasteiger partial charge on any atom is 0.215 e. The largest absolute Gasteiger partial charge is 0.492 e. The summed E-state index contributed by atoms with van der Waals surface area (Å²) >= 11 is 0. The Labute approximate surface area is 176 Å². The second-order valence-corrected chi connectivity index (χ2v) is 8.25. The van der Waals surface area contributed by atoms with Gasteiger partial charge in [-0.3, -0.25) is 0 Å². The number of hydrogen-bond acceptors (Lipinski definition) is 8. The first-order chi connectivity index (χ1) is 14.5. The van der Waals surface area contributed by atoms with Crippen LogP contribution < -0.4 is 20.1 Å². The molecule has 9 nitrogen and oxygen atoms in total. The Bertz CT molecular complexity index is 1030. The standard InChI is InChI=1S/C20H24N6O3S/c1-16-24-19(15-20(25-16)26-18-9-5-6-10-21-18)22-11-12-23-30(27,28)14-13-29-17-7-3-2-4-8-17/h2-10,15,23H,11-14H2,1H3,(H2,21,22,24,25,26). The van der Waals surface area contributed by atoms with E-state index in [1.54, 1.807) is 31.3 Å². The molecule has 30 heavy (non-hydrogen) atoms. The van der Waals surface area contributed by atoms with E-state index in [2.05, 4.69) is 30.3 Å². The summed E-state index contributed by atoms with van der Waals surface area (Å²) < 4.78 is 32.1. The SMILES string of the molecule is Cc1nc(NCCNS(=O)(=O)CCOc2ccccc2)cc(Nc2ccccn2)n1. The molecule has 2 aromatic heterocycles. The third-order valence-electron chi connectivity index (χ3n) is 3.88. The number of ether oxygens (including phenoxy) is 1. The number of nitrogens with one attached hydrogen (secondary N) is 3. The molecule has 0 saturated carbocycles. The lowest BCUT2D eigenvalue weighted by Crippen LogP contribution is -2.32. The number of sulfonamides is 1. The Kier molecular flexibility index (Phi) is 7.52. The highest BCUT2D eigenvalue weighted by atomic mass is 32.2. The Morgan fingerprint density at radius 3 is 2.47 bits per heavy atom. The minimum atomic E-state index is -3.43. The molecule has 3 aromatic rings. The smallest absolute Gasteiger partial charge is 0.215 e. The molecule has 0 saturated heterocycles. The summed E-state index contributed by atoms with van der Waals surface area (Å²) in [5.74, 6) is 2.97. The van der Waals surface area contributed by atoms with Crippen molar-refractivity contribution in [1.82, 2.24) is 19.7 Å². The van der Waals surface area contributed by atoms with Gasteiger partial charge in [-0.05, 0) is 31.2 Å². The molecule has 2 heterocycles. The van der Waals surface area contributed by atoms with Crippen LogP contribution in [0.4, 0.5) is 17.5 Å². The number of anilines is 3. The second kappa shape index (κ2) is 10.5. The van der Waals surface area contributed by atoms with Crippen LogP contribution >= 0.6 is 0 Å². The molecule has 3 rings (SSSR count). The fourth-order valence-electron chi connectivity index (χ4n) is 2.55. The van der Waals surface area contributed by atoms with Crippen molar-refractivity contribution in [3.05, 3.63) is 66.6 Å². The van der Waals surface area contributed by atoms with Crippen molar-refractivity contribution in [3.8, 4) is 5.75 Å². The van der Waals surface area contributed by atoms with E-state index in [0.29, 0.717) is 35.6 Å². The molecular weight excluding hydrogens is 404 g/mol. The van der Waals surface area contributed by atoms with Crippen molar-refractivity contribution < 1.29 is 13.2 Å². The van der Waals surface area contributed by atoms with Crippen LogP contribution in [0.3, 0.4) is 0 Å². The summed E-state index contributed by atoms with van der Waals surface area (Å²) in [5, 5.41) is 6.21. The highest BCUT2D eigenvalue weighted by molar-refractivity contribution is 7.89. The van der Waals surface area contributed by atoms with E-state index in [1.165, 1.54) is 0 Å². The fourth-order valence-corrected chi connectivity index (χ4v) is 3.41. The van der Waals surface area contributed by atoms with Gasteiger partial charge < -0.3 is 15.4 Å².